The lowest BCUT2D eigenvalue weighted by atomic mass is 10.1. The number of rotatable bonds is 6. The first-order chi connectivity index (χ1) is 12.5. The van der Waals surface area contributed by atoms with Crippen molar-refractivity contribution >= 4 is 28.9 Å². The van der Waals surface area contributed by atoms with Gasteiger partial charge in [-0.1, -0.05) is 6.92 Å². The molecule has 6 nitrogen and oxygen atoms in total. The van der Waals surface area contributed by atoms with Crippen LogP contribution in [0.4, 0.5) is 5.69 Å². The molecule has 1 aliphatic rings. The van der Waals surface area contributed by atoms with Gasteiger partial charge in [-0.2, -0.15) is 0 Å². The van der Waals surface area contributed by atoms with E-state index in [-0.39, 0.29) is 24.8 Å². The van der Waals surface area contributed by atoms with Crippen molar-refractivity contribution in [2.75, 3.05) is 18.1 Å². The van der Waals surface area contributed by atoms with Crippen LogP contribution in [0.1, 0.15) is 31.7 Å². The summed E-state index contributed by atoms with van der Waals surface area (Å²) in [6.45, 7) is 6.23. The number of hydrogen-bond acceptors (Lipinski definition) is 6. The van der Waals surface area contributed by atoms with Gasteiger partial charge < -0.3 is 14.4 Å². The summed E-state index contributed by atoms with van der Waals surface area (Å²) in [5.74, 6) is 0.208. The van der Waals surface area contributed by atoms with Crippen molar-refractivity contribution in [3.8, 4) is 17.0 Å². The molecule has 1 aromatic carbocycles. The third kappa shape index (κ3) is 3.72. The molecular formula is C19H22N2O4S. The van der Waals surface area contributed by atoms with Gasteiger partial charge in [0.1, 0.15) is 5.75 Å². The summed E-state index contributed by atoms with van der Waals surface area (Å²) in [5, 5.41) is 2.97. The van der Waals surface area contributed by atoms with E-state index in [4.69, 9.17) is 9.47 Å². The standard InChI is InChI=1S/C19H22N2O4S/c1-4-16-19(23)21(9-8-18(22)24-5-2)15-10-13(6-7-17(15)25-16)14-11-26-12(3)20-14/h6-7,10-11,16H,4-5,8-9H2,1-3H3. The summed E-state index contributed by atoms with van der Waals surface area (Å²) in [6, 6.07) is 5.71. The quantitative estimate of drug-likeness (QED) is 0.723. The molecule has 7 heteroatoms. The monoisotopic (exact) mass is 374 g/mol. The van der Waals surface area contributed by atoms with E-state index in [0.29, 0.717) is 24.5 Å². The van der Waals surface area contributed by atoms with Crippen molar-refractivity contribution in [2.45, 2.75) is 39.7 Å². The van der Waals surface area contributed by atoms with Gasteiger partial charge in [0.2, 0.25) is 0 Å². The molecule has 1 atom stereocenters. The van der Waals surface area contributed by atoms with Crippen LogP contribution in [0.2, 0.25) is 0 Å². The first-order valence-corrected chi connectivity index (χ1v) is 9.61. The molecule has 0 fully saturated rings. The van der Waals surface area contributed by atoms with Crippen LogP contribution >= 0.6 is 11.3 Å². The molecule has 0 saturated carbocycles. The van der Waals surface area contributed by atoms with E-state index in [0.717, 1.165) is 16.3 Å². The molecule has 3 rings (SSSR count). The molecule has 0 aliphatic carbocycles. The Morgan fingerprint density at radius 3 is 2.85 bits per heavy atom. The molecule has 0 radical (unpaired) electrons. The topological polar surface area (TPSA) is 68.7 Å². The van der Waals surface area contributed by atoms with Gasteiger partial charge in [0.05, 0.1) is 29.4 Å². The van der Waals surface area contributed by atoms with E-state index in [1.807, 2.05) is 37.4 Å². The fraction of sp³-hybridized carbons (Fsp3) is 0.421. The predicted octanol–water partition coefficient (Wildman–Crippen LogP) is 3.58. The maximum atomic E-state index is 12.8. The molecule has 0 N–H and O–H groups in total. The normalized spacial score (nSPS) is 16.2. The van der Waals surface area contributed by atoms with Crippen molar-refractivity contribution in [3.63, 3.8) is 0 Å². The molecule has 2 aromatic rings. The van der Waals surface area contributed by atoms with Gasteiger partial charge in [-0.05, 0) is 38.5 Å². The highest BCUT2D eigenvalue weighted by atomic mass is 32.1. The summed E-state index contributed by atoms with van der Waals surface area (Å²) in [6.07, 6.45) is 0.188. The average molecular weight is 374 g/mol. The second kappa shape index (κ2) is 7.86. The van der Waals surface area contributed by atoms with Gasteiger partial charge in [0.25, 0.3) is 5.91 Å². The molecule has 1 aromatic heterocycles. The lowest BCUT2D eigenvalue weighted by molar-refractivity contribution is -0.142. The average Bonchev–Trinajstić information content (AvgIpc) is 3.06. The minimum atomic E-state index is -0.530. The Kier molecular flexibility index (Phi) is 5.56. The van der Waals surface area contributed by atoms with E-state index in [1.165, 1.54) is 0 Å². The summed E-state index contributed by atoms with van der Waals surface area (Å²) < 4.78 is 10.8. The van der Waals surface area contributed by atoms with E-state index >= 15 is 0 Å². The predicted molar refractivity (Wildman–Crippen MR) is 101 cm³/mol. The molecule has 1 amide bonds. The van der Waals surface area contributed by atoms with Crippen LogP contribution in [0.3, 0.4) is 0 Å². The van der Waals surface area contributed by atoms with Crippen LogP contribution in [0, 0.1) is 6.92 Å². The number of esters is 1. The van der Waals surface area contributed by atoms with E-state index in [2.05, 4.69) is 4.98 Å². The van der Waals surface area contributed by atoms with Crippen LogP contribution in [-0.4, -0.2) is 36.1 Å². The Hall–Kier alpha value is -2.41. The van der Waals surface area contributed by atoms with Crippen molar-refractivity contribution in [2.24, 2.45) is 0 Å². The largest absolute Gasteiger partial charge is 0.478 e. The summed E-state index contributed by atoms with van der Waals surface area (Å²) in [7, 11) is 0. The van der Waals surface area contributed by atoms with Crippen LogP contribution in [0.5, 0.6) is 5.75 Å². The summed E-state index contributed by atoms with van der Waals surface area (Å²) >= 11 is 1.58. The third-order valence-corrected chi connectivity index (χ3v) is 4.96. The summed E-state index contributed by atoms with van der Waals surface area (Å²) in [5.41, 5.74) is 2.46. The van der Waals surface area contributed by atoms with Crippen LogP contribution in [0.15, 0.2) is 23.6 Å². The number of hydrogen-bond donors (Lipinski definition) is 0. The van der Waals surface area contributed by atoms with Gasteiger partial charge >= 0.3 is 5.97 Å². The van der Waals surface area contributed by atoms with Crippen LogP contribution in [-0.2, 0) is 14.3 Å². The van der Waals surface area contributed by atoms with Crippen LogP contribution in [0.25, 0.3) is 11.3 Å². The number of carbonyl (C=O) groups excluding carboxylic acids is 2. The maximum Gasteiger partial charge on any atom is 0.307 e. The molecule has 0 spiro atoms. The number of carbonyl (C=O) groups is 2. The molecule has 138 valence electrons. The number of thiazole rings is 1. The number of ether oxygens (including phenoxy) is 2. The fourth-order valence-electron chi connectivity index (χ4n) is 2.90. The molecule has 0 saturated heterocycles. The number of fused-ring (bicyclic) bond motifs is 1. The number of aromatic nitrogens is 1. The molecule has 1 aliphatic heterocycles. The van der Waals surface area contributed by atoms with E-state index in [9.17, 15) is 9.59 Å². The second-order valence-corrected chi connectivity index (χ2v) is 7.06. The van der Waals surface area contributed by atoms with E-state index in [1.54, 1.807) is 23.2 Å². The van der Waals surface area contributed by atoms with Gasteiger partial charge in [0, 0.05) is 17.5 Å². The molecule has 1 unspecified atom stereocenters. The highest BCUT2D eigenvalue weighted by molar-refractivity contribution is 7.09. The van der Waals surface area contributed by atoms with Crippen molar-refractivity contribution in [1.29, 1.82) is 0 Å². The second-order valence-electron chi connectivity index (χ2n) is 5.99. The van der Waals surface area contributed by atoms with Crippen LogP contribution < -0.4 is 9.64 Å². The van der Waals surface area contributed by atoms with Gasteiger partial charge in [-0.25, -0.2) is 4.98 Å². The zero-order chi connectivity index (χ0) is 18.7. The minimum absolute atomic E-state index is 0.129. The lowest BCUT2D eigenvalue weighted by Crippen LogP contribution is -2.46. The third-order valence-electron chi connectivity index (χ3n) is 4.19. The van der Waals surface area contributed by atoms with E-state index < -0.39 is 6.10 Å². The molecular weight excluding hydrogens is 352 g/mol. The first-order valence-electron chi connectivity index (χ1n) is 8.73. The lowest BCUT2D eigenvalue weighted by Gasteiger charge is -2.34. The SMILES string of the molecule is CCOC(=O)CCN1C(=O)C(CC)Oc2ccc(-c3csc(C)n3)cc21. The Bertz CT molecular complexity index is 818. The highest BCUT2D eigenvalue weighted by Crippen LogP contribution is 2.38. The van der Waals surface area contributed by atoms with Gasteiger partial charge in [0.15, 0.2) is 6.10 Å². The van der Waals surface area contributed by atoms with Gasteiger partial charge in [-0.15, -0.1) is 11.3 Å². The Labute approximate surface area is 156 Å². The number of nitrogens with zero attached hydrogens (tertiary/aromatic N) is 2. The zero-order valence-electron chi connectivity index (χ0n) is 15.2. The number of benzene rings is 1. The summed E-state index contributed by atoms with van der Waals surface area (Å²) in [4.78, 5) is 30.7. The van der Waals surface area contributed by atoms with Crippen molar-refractivity contribution < 1.29 is 19.1 Å². The smallest absolute Gasteiger partial charge is 0.307 e. The zero-order valence-corrected chi connectivity index (χ0v) is 16.0. The van der Waals surface area contributed by atoms with Crippen molar-refractivity contribution in [1.82, 2.24) is 4.98 Å². The molecule has 2 heterocycles. The first kappa shape index (κ1) is 18.4. The van der Waals surface area contributed by atoms with Gasteiger partial charge in [-0.3, -0.25) is 9.59 Å². The Morgan fingerprint density at radius 2 is 2.19 bits per heavy atom. The Morgan fingerprint density at radius 1 is 1.38 bits per heavy atom. The van der Waals surface area contributed by atoms with Crippen molar-refractivity contribution in [3.05, 3.63) is 28.6 Å². The number of anilines is 1. The Balaban J connectivity index is 1.92. The maximum absolute atomic E-state index is 12.8. The molecule has 0 bridgehead atoms. The number of amides is 1. The highest BCUT2D eigenvalue weighted by Gasteiger charge is 2.33. The molecule has 26 heavy (non-hydrogen) atoms. The minimum Gasteiger partial charge on any atom is -0.478 e. The fourth-order valence-corrected chi connectivity index (χ4v) is 3.53. The number of aryl methyl sites for hydroxylation is 1.